The number of nitrogens with zero attached hydrogens (tertiary/aromatic N) is 1. The predicted molar refractivity (Wildman–Crippen MR) is 79.9 cm³/mol. The third-order valence-corrected chi connectivity index (χ3v) is 3.14. The highest BCUT2D eigenvalue weighted by Gasteiger charge is 2.23. The summed E-state index contributed by atoms with van der Waals surface area (Å²) in [7, 11) is 0. The van der Waals surface area contributed by atoms with Crippen molar-refractivity contribution in [2.45, 2.75) is 46.1 Å². The first-order valence-corrected chi connectivity index (χ1v) is 6.70. The lowest BCUT2D eigenvalue weighted by Crippen LogP contribution is -2.30. The molecule has 1 aromatic rings. The monoisotopic (exact) mass is 265 g/mol. The predicted octanol–water partition coefficient (Wildman–Crippen LogP) is 4.02. The van der Waals surface area contributed by atoms with Crippen LogP contribution in [0.15, 0.2) is 18.2 Å². The lowest BCUT2D eigenvalue weighted by molar-refractivity contribution is -0.383. The number of rotatable bonds is 7. The summed E-state index contributed by atoms with van der Waals surface area (Å²) < 4.78 is 0. The summed E-state index contributed by atoms with van der Waals surface area (Å²) in [6, 6.07) is 5.34. The molecule has 0 unspecified atom stereocenters. The van der Waals surface area contributed by atoms with Crippen molar-refractivity contribution in [1.29, 1.82) is 0 Å². The second kappa shape index (κ2) is 6.41. The van der Waals surface area contributed by atoms with Gasteiger partial charge in [0, 0.05) is 12.1 Å². The maximum atomic E-state index is 11.3. The van der Waals surface area contributed by atoms with Crippen molar-refractivity contribution in [3.63, 3.8) is 0 Å². The Morgan fingerprint density at radius 2 is 1.89 bits per heavy atom. The fourth-order valence-corrected chi connectivity index (χ4v) is 1.70. The van der Waals surface area contributed by atoms with E-state index in [0.29, 0.717) is 11.4 Å². The molecule has 0 saturated heterocycles. The fourth-order valence-electron chi connectivity index (χ4n) is 1.70. The third kappa shape index (κ3) is 4.12. The van der Waals surface area contributed by atoms with Crippen molar-refractivity contribution in [3.8, 4) is 0 Å². The van der Waals surface area contributed by atoms with E-state index in [2.05, 4.69) is 17.6 Å². The van der Waals surface area contributed by atoms with Crippen LogP contribution >= 0.6 is 0 Å². The molecule has 106 valence electrons. The van der Waals surface area contributed by atoms with Crippen molar-refractivity contribution in [2.24, 2.45) is 0 Å². The highest BCUT2D eigenvalue weighted by molar-refractivity contribution is 5.76. The Bertz CT molecular complexity index is 444. The number of anilines is 2. The van der Waals surface area contributed by atoms with Crippen molar-refractivity contribution in [2.75, 3.05) is 17.2 Å². The second-order valence-corrected chi connectivity index (χ2v) is 5.25. The van der Waals surface area contributed by atoms with Gasteiger partial charge in [0.1, 0.15) is 11.4 Å². The molecule has 0 aliphatic carbocycles. The van der Waals surface area contributed by atoms with E-state index in [1.54, 1.807) is 12.1 Å². The van der Waals surface area contributed by atoms with Crippen LogP contribution in [0.5, 0.6) is 0 Å². The van der Waals surface area contributed by atoms with Crippen LogP contribution in [0.3, 0.4) is 0 Å². The molecule has 0 amide bonds. The molecule has 0 bridgehead atoms. The molecule has 2 N–H and O–H groups in total. The first-order chi connectivity index (χ1) is 8.91. The Labute approximate surface area is 114 Å². The lowest BCUT2D eigenvalue weighted by atomic mass is 10.0. The zero-order valence-corrected chi connectivity index (χ0v) is 12.1. The molecule has 5 nitrogen and oxygen atoms in total. The Hall–Kier alpha value is -1.78. The number of nitro benzene ring substituents is 1. The molecule has 1 aromatic carbocycles. The first-order valence-electron chi connectivity index (χ1n) is 6.70. The molecule has 0 heterocycles. The van der Waals surface area contributed by atoms with Crippen LogP contribution in [0, 0.1) is 10.1 Å². The number of benzene rings is 1. The molecule has 0 aliphatic heterocycles. The van der Waals surface area contributed by atoms with Crippen LogP contribution in [0.25, 0.3) is 0 Å². The highest BCUT2D eigenvalue weighted by atomic mass is 16.6. The number of para-hydroxylation sites is 1. The minimum absolute atomic E-state index is 0.123. The van der Waals surface area contributed by atoms with Crippen LogP contribution in [0.4, 0.5) is 17.1 Å². The van der Waals surface area contributed by atoms with E-state index >= 15 is 0 Å². The van der Waals surface area contributed by atoms with Gasteiger partial charge >= 0.3 is 5.69 Å². The Kier molecular flexibility index (Phi) is 5.15. The smallest absolute Gasteiger partial charge is 0.315 e. The van der Waals surface area contributed by atoms with Gasteiger partial charge in [-0.1, -0.05) is 19.9 Å². The molecule has 0 aromatic heterocycles. The van der Waals surface area contributed by atoms with Crippen molar-refractivity contribution >= 4 is 17.1 Å². The van der Waals surface area contributed by atoms with Gasteiger partial charge in [-0.2, -0.15) is 0 Å². The van der Waals surface area contributed by atoms with E-state index in [9.17, 15) is 10.1 Å². The number of nitrogens with one attached hydrogen (secondary N) is 2. The van der Waals surface area contributed by atoms with E-state index in [1.807, 2.05) is 26.8 Å². The van der Waals surface area contributed by atoms with E-state index in [1.165, 1.54) is 0 Å². The van der Waals surface area contributed by atoms with E-state index in [0.717, 1.165) is 19.4 Å². The van der Waals surface area contributed by atoms with E-state index in [-0.39, 0.29) is 16.1 Å². The normalized spacial score (nSPS) is 11.2. The molecule has 19 heavy (non-hydrogen) atoms. The van der Waals surface area contributed by atoms with Gasteiger partial charge in [-0.05, 0) is 38.8 Å². The Morgan fingerprint density at radius 3 is 2.42 bits per heavy atom. The molecular weight excluding hydrogens is 242 g/mol. The molecule has 0 fully saturated rings. The number of nitro groups is 1. The summed E-state index contributed by atoms with van der Waals surface area (Å²) in [4.78, 5) is 11.0. The van der Waals surface area contributed by atoms with Crippen LogP contribution in [-0.4, -0.2) is 17.0 Å². The van der Waals surface area contributed by atoms with Crippen molar-refractivity contribution in [3.05, 3.63) is 28.3 Å². The minimum Gasteiger partial charge on any atom is -0.379 e. The van der Waals surface area contributed by atoms with Crippen LogP contribution in [-0.2, 0) is 0 Å². The molecule has 1 rings (SSSR count). The zero-order chi connectivity index (χ0) is 14.5. The maximum absolute atomic E-state index is 11.3. The van der Waals surface area contributed by atoms with Gasteiger partial charge in [-0.15, -0.1) is 0 Å². The number of hydrogen-bond acceptors (Lipinski definition) is 4. The van der Waals surface area contributed by atoms with Crippen LogP contribution < -0.4 is 10.6 Å². The summed E-state index contributed by atoms with van der Waals surface area (Å²) in [6.45, 7) is 8.87. The van der Waals surface area contributed by atoms with Gasteiger partial charge in [0.25, 0.3) is 0 Å². The van der Waals surface area contributed by atoms with Crippen LogP contribution in [0.1, 0.15) is 40.5 Å². The SMILES string of the molecule is CCCNc1cccc(NC(C)(C)CC)c1[N+](=O)[O-]. The van der Waals surface area contributed by atoms with Crippen molar-refractivity contribution in [1.82, 2.24) is 0 Å². The Morgan fingerprint density at radius 1 is 1.26 bits per heavy atom. The maximum Gasteiger partial charge on any atom is 0.315 e. The standard InChI is InChI=1S/C14H23N3O2/c1-5-10-15-11-8-7-9-12(13(11)17(18)19)16-14(3,4)6-2/h7-9,15-16H,5-6,10H2,1-4H3. The van der Waals surface area contributed by atoms with Gasteiger partial charge in [0.05, 0.1) is 4.92 Å². The van der Waals surface area contributed by atoms with Gasteiger partial charge < -0.3 is 10.6 Å². The summed E-state index contributed by atoms with van der Waals surface area (Å²) >= 11 is 0. The number of hydrogen-bond donors (Lipinski definition) is 2. The lowest BCUT2D eigenvalue weighted by Gasteiger charge is -2.26. The molecular formula is C14H23N3O2. The highest BCUT2D eigenvalue weighted by Crippen LogP contribution is 2.34. The van der Waals surface area contributed by atoms with Crippen LogP contribution in [0.2, 0.25) is 0 Å². The average Bonchev–Trinajstić information content (AvgIpc) is 2.35. The van der Waals surface area contributed by atoms with Crippen molar-refractivity contribution < 1.29 is 4.92 Å². The summed E-state index contributed by atoms with van der Waals surface area (Å²) in [5.41, 5.74) is 1.09. The quantitative estimate of drug-likeness (QED) is 0.577. The topological polar surface area (TPSA) is 67.2 Å². The average molecular weight is 265 g/mol. The van der Waals surface area contributed by atoms with Gasteiger partial charge in [-0.25, -0.2) is 0 Å². The molecule has 0 saturated carbocycles. The van der Waals surface area contributed by atoms with E-state index < -0.39 is 0 Å². The molecule has 5 heteroatoms. The Balaban J connectivity index is 3.13. The molecule has 0 spiro atoms. The van der Waals surface area contributed by atoms with Gasteiger partial charge in [-0.3, -0.25) is 10.1 Å². The molecule has 0 atom stereocenters. The molecule has 0 radical (unpaired) electrons. The first kappa shape index (κ1) is 15.3. The van der Waals surface area contributed by atoms with Gasteiger partial charge in [0.15, 0.2) is 0 Å². The van der Waals surface area contributed by atoms with Gasteiger partial charge in [0.2, 0.25) is 0 Å². The zero-order valence-electron chi connectivity index (χ0n) is 12.1. The minimum atomic E-state index is -0.327. The van der Waals surface area contributed by atoms with E-state index in [4.69, 9.17) is 0 Å². The fraction of sp³-hybridized carbons (Fsp3) is 0.571. The summed E-state index contributed by atoms with van der Waals surface area (Å²) in [6.07, 6.45) is 1.81. The molecule has 0 aliphatic rings. The largest absolute Gasteiger partial charge is 0.379 e. The third-order valence-electron chi connectivity index (χ3n) is 3.14. The summed E-state index contributed by atoms with van der Waals surface area (Å²) in [5.74, 6) is 0. The second-order valence-electron chi connectivity index (χ2n) is 5.25. The summed E-state index contributed by atoms with van der Waals surface area (Å²) in [5, 5.41) is 17.7.